The predicted octanol–water partition coefficient (Wildman–Crippen LogP) is 3.30. The van der Waals surface area contributed by atoms with Crippen molar-refractivity contribution < 1.29 is 25.8 Å². The van der Waals surface area contributed by atoms with Gasteiger partial charge in [0.15, 0.2) is 0 Å². The van der Waals surface area contributed by atoms with Crippen LogP contribution in [0.5, 0.6) is 0 Å². The summed E-state index contributed by atoms with van der Waals surface area (Å²) in [5, 5.41) is 0. The lowest BCUT2D eigenvalue weighted by Crippen LogP contribution is -2.40. The SMILES string of the molecule is O=S(=O)(OCCC1CCCCN1Cc1ccccc1)C(F)(F)F. The lowest BCUT2D eigenvalue weighted by Gasteiger charge is -2.35. The fraction of sp³-hybridized carbons (Fsp3) is 0.600. The number of alkyl halides is 3. The van der Waals surface area contributed by atoms with Gasteiger partial charge in [-0.3, -0.25) is 9.08 Å². The van der Waals surface area contributed by atoms with Crippen molar-refractivity contribution in [2.75, 3.05) is 13.2 Å². The Morgan fingerprint density at radius 1 is 1.17 bits per heavy atom. The maximum atomic E-state index is 12.2. The van der Waals surface area contributed by atoms with Gasteiger partial charge in [0.1, 0.15) is 0 Å². The van der Waals surface area contributed by atoms with Crippen molar-refractivity contribution in [1.82, 2.24) is 4.90 Å². The first kappa shape index (κ1) is 18.2. The standard InChI is InChI=1S/C15H20F3NO3S/c16-15(17,18)23(20,21)22-11-9-14-8-4-5-10-19(14)12-13-6-2-1-3-7-13/h1-3,6-7,14H,4-5,8-12H2. The van der Waals surface area contributed by atoms with Gasteiger partial charge in [-0.05, 0) is 31.4 Å². The van der Waals surface area contributed by atoms with Gasteiger partial charge in [0.2, 0.25) is 0 Å². The average Bonchev–Trinajstić information content (AvgIpc) is 2.49. The van der Waals surface area contributed by atoms with Gasteiger partial charge >= 0.3 is 15.6 Å². The van der Waals surface area contributed by atoms with E-state index in [1.54, 1.807) is 0 Å². The van der Waals surface area contributed by atoms with Crippen LogP contribution in [0, 0.1) is 0 Å². The molecule has 2 rings (SSSR count). The lowest BCUT2D eigenvalue weighted by molar-refractivity contribution is -0.0547. The summed E-state index contributed by atoms with van der Waals surface area (Å²) in [5.74, 6) is 0. The third-order valence-electron chi connectivity index (χ3n) is 3.95. The number of halogens is 3. The summed E-state index contributed by atoms with van der Waals surface area (Å²) < 4.78 is 62.6. The van der Waals surface area contributed by atoms with Crippen LogP contribution in [0.1, 0.15) is 31.2 Å². The highest BCUT2D eigenvalue weighted by Gasteiger charge is 2.47. The van der Waals surface area contributed by atoms with Gasteiger partial charge in [0, 0.05) is 12.6 Å². The molecule has 1 unspecified atom stereocenters. The van der Waals surface area contributed by atoms with E-state index in [2.05, 4.69) is 9.08 Å². The number of rotatable bonds is 6. The first-order chi connectivity index (χ1) is 10.8. The second-order valence-electron chi connectivity index (χ2n) is 5.62. The molecule has 0 amide bonds. The topological polar surface area (TPSA) is 46.6 Å². The first-order valence-corrected chi connectivity index (χ1v) is 8.94. The molecular formula is C15H20F3NO3S. The van der Waals surface area contributed by atoms with Gasteiger partial charge in [-0.1, -0.05) is 36.8 Å². The van der Waals surface area contributed by atoms with Crippen molar-refractivity contribution in [3.05, 3.63) is 35.9 Å². The molecule has 0 radical (unpaired) electrons. The zero-order chi connectivity index (χ0) is 16.9. The van der Waals surface area contributed by atoms with Gasteiger partial charge in [0.25, 0.3) is 0 Å². The molecule has 1 aliphatic rings. The molecule has 0 spiro atoms. The number of hydrogen-bond donors (Lipinski definition) is 0. The lowest BCUT2D eigenvalue weighted by atomic mass is 9.99. The van der Waals surface area contributed by atoms with Crippen LogP contribution in [0.15, 0.2) is 30.3 Å². The van der Waals surface area contributed by atoms with Crippen molar-refractivity contribution in [2.45, 2.75) is 43.8 Å². The van der Waals surface area contributed by atoms with E-state index >= 15 is 0 Å². The Morgan fingerprint density at radius 3 is 2.52 bits per heavy atom. The van der Waals surface area contributed by atoms with E-state index in [1.807, 2.05) is 30.3 Å². The third kappa shape index (κ3) is 5.19. The van der Waals surface area contributed by atoms with Gasteiger partial charge in [-0.15, -0.1) is 0 Å². The Balaban J connectivity index is 1.89. The quantitative estimate of drug-likeness (QED) is 0.583. The maximum Gasteiger partial charge on any atom is 0.523 e. The molecule has 1 aliphatic heterocycles. The van der Waals surface area contributed by atoms with Crippen molar-refractivity contribution in [1.29, 1.82) is 0 Å². The molecule has 1 aromatic carbocycles. The molecule has 23 heavy (non-hydrogen) atoms. The highest BCUT2D eigenvalue weighted by molar-refractivity contribution is 7.87. The van der Waals surface area contributed by atoms with Crippen LogP contribution in [0.25, 0.3) is 0 Å². The number of hydrogen-bond acceptors (Lipinski definition) is 4. The summed E-state index contributed by atoms with van der Waals surface area (Å²) in [6.07, 6.45) is 3.12. The molecule has 130 valence electrons. The number of nitrogens with zero attached hydrogens (tertiary/aromatic N) is 1. The summed E-state index contributed by atoms with van der Waals surface area (Å²) in [5.41, 5.74) is -4.23. The second kappa shape index (κ2) is 7.63. The molecule has 4 nitrogen and oxygen atoms in total. The van der Waals surface area contributed by atoms with Crippen LogP contribution in [0.3, 0.4) is 0 Å². The van der Waals surface area contributed by atoms with Crippen molar-refractivity contribution in [2.24, 2.45) is 0 Å². The average molecular weight is 351 g/mol. The monoisotopic (exact) mass is 351 g/mol. The van der Waals surface area contributed by atoms with E-state index in [1.165, 1.54) is 0 Å². The summed E-state index contributed by atoms with van der Waals surface area (Å²) in [6.45, 7) is 1.11. The minimum Gasteiger partial charge on any atom is -0.296 e. The first-order valence-electron chi connectivity index (χ1n) is 7.53. The van der Waals surface area contributed by atoms with E-state index in [-0.39, 0.29) is 12.5 Å². The molecule has 0 aromatic heterocycles. The minimum absolute atomic E-state index is 0.0346. The Morgan fingerprint density at radius 2 is 1.87 bits per heavy atom. The largest absolute Gasteiger partial charge is 0.523 e. The van der Waals surface area contributed by atoms with Crippen molar-refractivity contribution >= 4 is 10.1 Å². The Labute approximate surface area is 134 Å². The third-order valence-corrected chi connectivity index (χ3v) is 4.99. The van der Waals surface area contributed by atoms with Gasteiger partial charge in [-0.25, -0.2) is 0 Å². The Hall–Kier alpha value is -1.12. The smallest absolute Gasteiger partial charge is 0.296 e. The predicted molar refractivity (Wildman–Crippen MR) is 80.0 cm³/mol. The summed E-state index contributed by atoms with van der Waals surface area (Å²) in [6, 6.07) is 9.83. The molecule has 8 heteroatoms. The van der Waals surface area contributed by atoms with Crippen LogP contribution < -0.4 is 0 Å². The fourth-order valence-corrected chi connectivity index (χ4v) is 3.22. The van der Waals surface area contributed by atoms with Crippen LogP contribution in [-0.2, 0) is 20.8 Å². The molecule has 1 atom stereocenters. The molecular weight excluding hydrogens is 331 g/mol. The highest BCUT2D eigenvalue weighted by Crippen LogP contribution is 2.26. The minimum atomic E-state index is -5.49. The van der Waals surface area contributed by atoms with Gasteiger partial charge in [-0.2, -0.15) is 21.6 Å². The van der Waals surface area contributed by atoms with E-state index in [9.17, 15) is 21.6 Å². The molecule has 1 saturated heterocycles. The van der Waals surface area contributed by atoms with Crippen LogP contribution in [-0.4, -0.2) is 38.0 Å². The molecule has 0 aliphatic carbocycles. The van der Waals surface area contributed by atoms with Crippen molar-refractivity contribution in [3.8, 4) is 0 Å². The van der Waals surface area contributed by atoms with Gasteiger partial charge < -0.3 is 0 Å². The summed E-state index contributed by atoms with van der Waals surface area (Å²) in [7, 11) is -5.49. The molecule has 0 N–H and O–H groups in total. The Bertz CT molecular complexity index is 590. The van der Waals surface area contributed by atoms with Gasteiger partial charge in [0.05, 0.1) is 6.61 Å². The fourth-order valence-electron chi connectivity index (χ4n) is 2.77. The van der Waals surface area contributed by atoms with E-state index < -0.39 is 22.2 Å². The van der Waals surface area contributed by atoms with E-state index in [4.69, 9.17) is 0 Å². The Kier molecular flexibility index (Phi) is 6.05. The molecule has 0 bridgehead atoms. The highest BCUT2D eigenvalue weighted by atomic mass is 32.2. The van der Waals surface area contributed by atoms with Crippen molar-refractivity contribution in [3.63, 3.8) is 0 Å². The summed E-state index contributed by atoms with van der Waals surface area (Å²) in [4.78, 5) is 2.18. The molecule has 1 fully saturated rings. The molecule has 0 saturated carbocycles. The number of likely N-dealkylation sites (tertiary alicyclic amines) is 1. The zero-order valence-electron chi connectivity index (χ0n) is 12.6. The normalized spacial score (nSPS) is 20.6. The summed E-state index contributed by atoms with van der Waals surface area (Å²) >= 11 is 0. The molecule has 1 aromatic rings. The van der Waals surface area contributed by atoms with E-state index in [0.717, 1.165) is 31.4 Å². The van der Waals surface area contributed by atoms with E-state index in [0.29, 0.717) is 6.54 Å². The second-order valence-corrected chi connectivity index (χ2v) is 7.22. The van der Waals surface area contributed by atoms with Crippen LogP contribution in [0.2, 0.25) is 0 Å². The number of benzene rings is 1. The maximum absolute atomic E-state index is 12.2. The molecule has 1 heterocycles. The van der Waals surface area contributed by atoms with Crippen LogP contribution >= 0.6 is 0 Å². The zero-order valence-corrected chi connectivity index (χ0v) is 13.4. The van der Waals surface area contributed by atoms with Crippen LogP contribution in [0.4, 0.5) is 13.2 Å². The number of piperidine rings is 1.